The number of nitrogens with zero attached hydrogens (tertiary/aromatic N) is 1. The number of oxazole rings is 1. The summed E-state index contributed by atoms with van der Waals surface area (Å²) in [6.45, 7) is -0.362. The first-order valence-electron chi connectivity index (χ1n) is 8.16. The number of hydrogen-bond donors (Lipinski definition) is 1. The molecule has 152 valence electrons. The molecule has 1 N–H and O–H groups in total. The number of anilines is 1. The Balaban J connectivity index is 1.90. The number of nitrogens with one attached hydrogen (secondary N) is 1. The van der Waals surface area contributed by atoms with Crippen molar-refractivity contribution in [1.29, 1.82) is 0 Å². The van der Waals surface area contributed by atoms with Crippen molar-refractivity contribution < 1.29 is 31.9 Å². The number of esters is 2. The zero-order valence-corrected chi connectivity index (χ0v) is 16.2. The van der Waals surface area contributed by atoms with Crippen molar-refractivity contribution in [3.8, 4) is 0 Å². The number of carbonyl (C=O) groups is 2. The van der Waals surface area contributed by atoms with E-state index in [9.17, 15) is 22.8 Å². The fourth-order valence-electron chi connectivity index (χ4n) is 2.56. The Hall–Kier alpha value is -3.60. The van der Waals surface area contributed by atoms with Gasteiger partial charge in [0.15, 0.2) is 5.58 Å². The minimum absolute atomic E-state index is 0.00261. The van der Waals surface area contributed by atoms with Crippen molar-refractivity contribution in [2.24, 2.45) is 0 Å². The average molecular weight is 420 g/mol. The molecule has 0 atom stereocenters. The summed E-state index contributed by atoms with van der Waals surface area (Å²) in [5.41, 5.74) is 0.748. The van der Waals surface area contributed by atoms with Gasteiger partial charge in [0.1, 0.15) is 6.54 Å². The molecule has 0 unspecified atom stereocenters. The standard InChI is InChI=1S/C18H16N2O8S/c1-26-16(21)10-20-14-8-7-13(9-15(14)28-18(20)23)29(24,25)19-12-5-3-11(4-6-12)17(22)27-2/h3-9,19H,10H2,1-2H3. The van der Waals surface area contributed by atoms with Crippen LogP contribution in [0.1, 0.15) is 10.4 Å². The van der Waals surface area contributed by atoms with E-state index in [1.165, 1.54) is 56.7 Å². The van der Waals surface area contributed by atoms with Crippen LogP contribution in [-0.2, 0) is 30.8 Å². The van der Waals surface area contributed by atoms with Gasteiger partial charge in [0.05, 0.1) is 30.2 Å². The molecule has 11 heteroatoms. The Morgan fingerprint density at radius 2 is 1.76 bits per heavy atom. The second-order valence-corrected chi connectivity index (χ2v) is 7.52. The Morgan fingerprint density at radius 3 is 2.38 bits per heavy atom. The molecule has 0 fully saturated rings. The lowest BCUT2D eigenvalue weighted by atomic mass is 10.2. The van der Waals surface area contributed by atoms with E-state index in [0.717, 1.165) is 4.57 Å². The summed E-state index contributed by atoms with van der Waals surface area (Å²) in [6.07, 6.45) is 0. The second-order valence-electron chi connectivity index (χ2n) is 5.83. The van der Waals surface area contributed by atoms with Crippen molar-refractivity contribution in [3.63, 3.8) is 0 Å². The molecule has 0 saturated heterocycles. The van der Waals surface area contributed by atoms with Crippen molar-refractivity contribution in [3.05, 3.63) is 58.6 Å². The summed E-state index contributed by atoms with van der Waals surface area (Å²) < 4.78 is 42.8. The third-order valence-corrected chi connectivity index (χ3v) is 5.40. The number of benzene rings is 2. The quantitative estimate of drug-likeness (QED) is 0.591. The third-order valence-electron chi connectivity index (χ3n) is 4.02. The van der Waals surface area contributed by atoms with Gasteiger partial charge in [-0.25, -0.2) is 18.0 Å². The van der Waals surface area contributed by atoms with Gasteiger partial charge in [-0.05, 0) is 36.4 Å². The molecule has 3 rings (SSSR count). The predicted octanol–water partition coefficient (Wildman–Crippen LogP) is 1.35. The highest BCUT2D eigenvalue weighted by Crippen LogP contribution is 2.21. The summed E-state index contributed by atoms with van der Waals surface area (Å²) >= 11 is 0. The van der Waals surface area contributed by atoms with E-state index in [-0.39, 0.29) is 33.8 Å². The number of carbonyl (C=O) groups excluding carboxylic acids is 2. The van der Waals surface area contributed by atoms with Gasteiger partial charge in [0.2, 0.25) is 0 Å². The van der Waals surface area contributed by atoms with Crippen LogP contribution in [0.25, 0.3) is 11.1 Å². The first kappa shape index (κ1) is 20.1. The van der Waals surface area contributed by atoms with E-state index in [4.69, 9.17) is 4.42 Å². The molecule has 0 radical (unpaired) electrons. The normalized spacial score (nSPS) is 11.2. The number of hydrogen-bond acceptors (Lipinski definition) is 8. The SMILES string of the molecule is COC(=O)Cn1c(=O)oc2cc(S(=O)(=O)Nc3ccc(C(=O)OC)cc3)ccc21. The number of methoxy groups -OCH3 is 2. The maximum absolute atomic E-state index is 12.6. The van der Waals surface area contributed by atoms with Crippen LogP contribution in [-0.4, -0.2) is 39.1 Å². The van der Waals surface area contributed by atoms with Gasteiger partial charge >= 0.3 is 17.7 Å². The molecular formula is C18H16N2O8S. The zero-order chi connectivity index (χ0) is 21.2. The summed E-state index contributed by atoms with van der Waals surface area (Å²) in [6, 6.07) is 9.46. The minimum Gasteiger partial charge on any atom is -0.468 e. The molecule has 1 aromatic heterocycles. The van der Waals surface area contributed by atoms with Crippen molar-refractivity contribution in [2.45, 2.75) is 11.4 Å². The van der Waals surface area contributed by atoms with Crippen LogP contribution in [0.4, 0.5) is 5.69 Å². The number of ether oxygens (including phenoxy) is 2. The summed E-state index contributed by atoms with van der Waals surface area (Å²) in [4.78, 5) is 34.7. The molecule has 2 aromatic carbocycles. The van der Waals surface area contributed by atoms with Crippen LogP contribution >= 0.6 is 0 Å². The van der Waals surface area contributed by atoms with E-state index in [1.807, 2.05) is 0 Å². The van der Waals surface area contributed by atoms with Gasteiger partial charge in [-0.3, -0.25) is 14.1 Å². The van der Waals surface area contributed by atoms with Gasteiger partial charge in [-0.1, -0.05) is 0 Å². The summed E-state index contributed by atoms with van der Waals surface area (Å²) in [5, 5.41) is 0. The zero-order valence-electron chi connectivity index (χ0n) is 15.4. The maximum Gasteiger partial charge on any atom is 0.420 e. The highest BCUT2D eigenvalue weighted by atomic mass is 32.2. The molecule has 0 aliphatic rings. The third kappa shape index (κ3) is 4.14. The summed E-state index contributed by atoms with van der Waals surface area (Å²) in [7, 11) is -1.58. The molecule has 0 saturated carbocycles. The highest BCUT2D eigenvalue weighted by Gasteiger charge is 2.19. The van der Waals surface area contributed by atoms with Gasteiger partial charge in [-0.2, -0.15) is 0 Å². The van der Waals surface area contributed by atoms with Crippen molar-refractivity contribution in [2.75, 3.05) is 18.9 Å². The number of sulfonamides is 1. The van der Waals surface area contributed by atoms with E-state index >= 15 is 0 Å². The Kier molecular flexibility index (Phi) is 5.41. The average Bonchev–Trinajstić information content (AvgIpc) is 3.02. The van der Waals surface area contributed by atoms with E-state index < -0.39 is 27.7 Å². The summed E-state index contributed by atoms with van der Waals surface area (Å²) in [5.74, 6) is -2.01. The molecule has 0 amide bonds. The van der Waals surface area contributed by atoms with E-state index in [1.54, 1.807) is 0 Å². The first-order chi connectivity index (χ1) is 13.7. The van der Waals surface area contributed by atoms with Crippen LogP contribution in [0.3, 0.4) is 0 Å². The van der Waals surface area contributed by atoms with Crippen molar-refractivity contribution in [1.82, 2.24) is 4.57 Å². The first-order valence-corrected chi connectivity index (χ1v) is 9.65. The van der Waals surface area contributed by atoms with Crippen LogP contribution < -0.4 is 10.5 Å². The molecule has 29 heavy (non-hydrogen) atoms. The van der Waals surface area contributed by atoms with E-state index in [0.29, 0.717) is 0 Å². The molecule has 3 aromatic rings. The Morgan fingerprint density at radius 1 is 1.07 bits per heavy atom. The molecule has 0 aliphatic heterocycles. The largest absolute Gasteiger partial charge is 0.468 e. The van der Waals surface area contributed by atoms with Crippen LogP contribution in [0.5, 0.6) is 0 Å². The molecule has 0 aliphatic carbocycles. The predicted molar refractivity (Wildman–Crippen MR) is 101 cm³/mol. The lowest BCUT2D eigenvalue weighted by Gasteiger charge is -2.09. The molecule has 0 bridgehead atoms. The molecule has 0 spiro atoms. The number of aromatic nitrogens is 1. The highest BCUT2D eigenvalue weighted by molar-refractivity contribution is 7.92. The number of rotatable bonds is 6. The van der Waals surface area contributed by atoms with E-state index in [2.05, 4.69) is 14.2 Å². The van der Waals surface area contributed by atoms with Gasteiger partial charge in [0.25, 0.3) is 10.0 Å². The lowest BCUT2D eigenvalue weighted by molar-refractivity contribution is -0.141. The molecular weight excluding hydrogens is 404 g/mol. The van der Waals surface area contributed by atoms with Crippen LogP contribution in [0, 0.1) is 0 Å². The minimum atomic E-state index is -4.00. The fraction of sp³-hybridized carbons (Fsp3) is 0.167. The van der Waals surface area contributed by atoms with Crippen LogP contribution in [0.2, 0.25) is 0 Å². The molecule has 1 heterocycles. The van der Waals surface area contributed by atoms with Crippen molar-refractivity contribution >= 4 is 38.7 Å². The Labute approximate surface area is 164 Å². The lowest BCUT2D eigenvalue weighted by Crippen LogP contribution is -2.20. The van der Waals surface area contributed by atoms with Crippen LogP contribution in [0.15, 0.2) is 56.6 Å². The van der Waals surface area contributed by atoms with Gasteiger partial charge in [-0.15, -0.1) is 0 Å². The van der Waals surface area contributed by atoms with Gasteiger partial charge in [0, 0.05) is 11.8 Å². The number of fused-ring (bicyclic) bond motifs is 1. The Bertz CT molecular complexity index is 1240. The van der Waals surface area contributed by atoms with Gasteiger partial charge < -0.3 is 13.9 Å². The topological polar surface area (TPSA) is 134 Å². The smallest absolute Gasteiger partial charge is 0.420 e. The fourth-order valence-corrected chi connectivity index (χ4v) is 3.64. The monoisotopic (exact) mass is 420 g/mol. The maximum atomic E-state index is 12.6. The molecule has 10 nitrogen and oxygen atoms in total. The second kappa shape index (κ2) is 7.80.